The van der Waals surface area contributed by atoms with Crippen LogP contribution in [0.25, 0.3) is 0 Å². The molecule has 3 saturated heterocycles. The lowest BCUT2D eigenvalue weighted by molar-refractivity contribution is -0.136. The minimum absolute atomic E-state index is 0.113. The molecular weight excluding hydrogens is 538 g/mol. The summed E-state index contributed by atoms with van der Waals surface area (Å²) >= 11 is 3.49. The van der Waals surface area contributed by atoms with Crippen molar-refractivity contribution in [2.45, 2.75) is 18.9 Å². The molecule has 37 heavy (non-hydrogen) atoms. The molecule has 9 nitrogen and oxygen atoms in total. The second-order valence-electron chi connectivity index (χ2n) is 10.2. The van der Waals surface area contributed by atoms with Crippen LogP contribution in [0.4, 0.5) is 11.4 Å². The lowest BCUT2D eigenvalue weighted by atomic mass is 9.95. The maximum absolute atomic E-state index is 13.4. The van der Waals surface area contributed by atoms with E-state index >= 15 is 0 Å². The maximum atomic E-state index is 13.4. The number of nitrogens with one attached hydrogen (secondary N) is 1. The minimum atomic E-state index is -0.946. The van der Waals surface area contributed by atoms with Crippen LogP contribution in [0.1, 0.15) is 33.6 Å². The highest BCUT2D eigenvalue weighted by atomic mass is 79.9. The number of piperazine rings is 1. The van der Waals surface area contributed by atoms with Gasteiger partial charge in [-0.25, -0.2) is 0 Å². The predicted octanol–water partition coefficient (Wildman–Crippen LogP) is 2.11. The van der Waals surface area contributed by atoms with Gasteiger partial charge in [0.1, 0.15) is 6.04 Å². The highest BCUT2D eigenvalue weighted by Gasteiger charge is 2.46. The molecule has 4 aliphatic rings. The third-order valence-electron chi connectivity index (χ3n) is 7.82. The van der Waals surface area contributed by atoms with Crippen LogP contribution >= 0.6 is 15.9 Å². The van der Waals surface area contributed by atoms with Gasteiger partial charge in [-0.2, -0.15) is 0 Å². The number of fused-ring (bicyclic) bond motifs is 1. The quantitative estimate of drug-likeness (QED) is 0.555. The van der Waals surface area contributed by atoms with E-state index in [0.717, 1.165) is 60.9 Å². The number of carbonyl (C=O) groups excluding carboxylic acids is 4. The molecular formula is C27H28BrN5O4. The van der Waals surface area contributed by atoms with E-state index in [-0.39, 0.29) is 18.7 Å². The molecule has 0 saturated carbocycles. The molecule has 4 heterocycles. The summed E-state index contributed by atoms with van der Waals surface area (Å²) in [5.74, 6) is -1.38. The zero-order valence-electron chi connectivity index (χ0n) is 20.4. The van der Waals surface area contributed by atoms with Crippen molar-refractivity contribution >= 4 is 50.9 Å². The zero-order chi connectivity index (χ0) is 25.7. The first-order chi connectivity index (χ1) is 17.9. The van der Waals surface area contributed by atoms with Crippen molar-refractivity contribution in [2.24, 2.45) is 5.92 Å². The number of hydrogen-bond donors (Lipinski definition) is 1. The zero-order valence-corrected chi connectivity index (χ0v) is 21.9. The molecule has 6 rings (SSSR count). The van der Waals surface area contributed by atoms with E-state index in [4.69, 9.17) is 0 Å². The molecule has 1 unspecified atom stereocenters. The summed E-state index contributed by atoms with van der Waals surface area (Å²) in [4.78, 5) is 58.5. The third kappa shape index (κ3) is 4.42. The molecule has 0 aromatic heterocycles. The summed E-state index contributed by atoms with van der Waals surface area (Å²) < 4.78 is 1.09. The smallest absolute Gasteiger partial charge is 0.264 e. The van der Waals surface area contributed by atoms with Crippen molar-refractivity contribution in [3.05, 3.63) is 58.1 Å². The molecule has 2 aromatic carbocycles. The van der Waals surface area contributed by atoms with Gasteiger partial charge in [-0.3, -0.25) is 34.3 Å². The first-order valence-corrected chi connectivity index (χ1v) is 13.5. The van der Waals surface area contributed by atoms with E-state index in [9.17, 15) is 19.2 Å². The van der Waals surface area contributed by atoms with E-state index < -0.39 is 23.8 Å². The SMILES string of the molecule is O=C1CCC(N2C(=O)c3cccc(N4CC(CN5CCN(c6ccc(Br)cc6)CC5)C4)c3C2=O)C(=O)N1. The summed E-state index contributed by atoms with van der Waals surface area (Å²) in [5, 5.41) is 2.25. The molecule has 1 atom stereocenters. The topological polar surface area (TPSA) is 93.3 Å². The Morgan fingerprint density at radius 2 is 1.59 bits per heavy atom. The molecule has 0 spiro atoms. The van der Waals surface area contributed by atoms with E-state index in [1.807, 2.05) is 6.07 Å². The van der Waals surface area contributed by atoms with Crippen LogP contribution in [0.5, 0.6) is 0 Å². The van der Waals surface area contributed by atoms with Crippen LogP contribution in [-0.2, 0) is 9.59 Å². The van der Waals surface area contributed by atoms with Crippen molar-refractivity contribution < 1.29 is 19.2 Å². The standard InChI is InChI=1S/C27H28BrN5O4/c28-18-4-6-19(7-5-18)31-12-10-30(11-13-31)14-17-15-32(16-17)21-3-1-2-20-24(21)27(37)33(26(20)36)22-8-9-23(34)29-25(22)35/h1-7,17,22H,8-16H2,(H,29,34,35). The molecule has 3 fully saturated rings. The largest absolute Gasteiger partial charge is 0.370 e. The summed E-state index contributed by atoms with van der Waals surface area (Å²) in [5.41, 5.74) is 2.71. The average molecular weight is 566 g/mol. The molecule has 0 bridgehead atoms. The van der Waals surface area contributed by atoms with Gasteiger partial charge in [0.2, 0.25) is 11.8 Å². The van der Waals surface area contributed by atoms with Crippen molar-refractivity contribution in [3.8, 4) is 0 Å². The number of piperidine rings is 1. The molecule has 1 N–H and O–H groups in total. The monoisotopic (exact) mass is 565 g/mol. The van der Waals surface area contributed by atoms with Crippen molar-refractivity contribution in [3.63, 3.8) is 0 Å². The van der Waals surface area contributed by atoms with Gasteiger partial charge in [0.25, 0.3) is 11.8 Å². The van der Waals surface area contributed by atoms with Crippen LogP contribution in [0.3, 0.4) is 0 Å². The van der Waals surface area contributed by atoms with Crippen molar-refractivity contribution in [1.82, 2.24) is 15.1 Å². The fraction of sp³-hybridized carbons (Fsp3) is 0.407. The average Bonchev–Trinajstić information content (AvgIpc) is 3.12. The van der Waals surface area contributed by atoms with Gasteiger partial charge >= 0.3 is 0 Å². The van der Waals surface area contributed by atoms with Crippen LogP contribution in [0.2, 0.25) is 0 Å². The van der Waals surface area contributed by atoms with E-state index in [2.05, 4.69) is 60.2 Å². The Morgan fingerprint density at radius 1 is 0.865 bits per heavy atom. The summed E-state index contributed by atoms with van der Waals surface area (Å²) in [6.07, 6.45) is 0.272. The fourth-order valence-electron chi connectivity index (χ4n) is 5.85. The van der Waals surface area contributed by atoms with Crippen molar-refractivity contribution in [1.29, 1.82) is 0 Å². The molecule has 2 aromatic rings. The van der Waals surface area contributed by atoms with Crippen LogP contribution in [0.15, 0.2) is 46.9 Å². The lowest BCUT2D eigenvalue weighted by Gasteiger charge is -2.45. The van der Waals surface area contributed by atoms with Gasteiger partial charge in [0.15, 0.2) is 0 Å². The molecule has 10 heteroatoms. The fourth-order valence-corrected chi connectivity index (χ4v) is 6.11. The highest BCUT2D eigenvalue weighted by Crippen LogP contribution is 2.37. The van der Waals surface area contributed by atoms with Gasteiger partial charge in [0, 0.05) is 68.3 Å². The molecule has 192 valence electrons. The highest BCUT2D eigenvalue weighted by molar-refractivity contribution is 9.10. The Labute approximate surface area is 223 Å². The normalized spacial score (nSPS) is 22.8. The van der Waals surface area contributed by atoms with E-state index in [1.165, 1.54) is 5.69 Å². The summed E-state index contributed by atoms with van der Waals surface area (Å²) in [7, 11) is 0. The Balaban J connectivity index is 1.07. The van der Waals surface area contributed by atoms with E-state index in [1.54, 1.807) is 12.1 Å². The maximum Gasteiger partial charge on any atom is 0.264 e. The number of anilines is 2. The van der Waals surface area contributed by atoms with Crippen LogP contribution < -0.4 is 15.1 Å². The second-order valence-corrected chi connectivity index (χ2v) is 11.1. The number of imide groups is 2. The number of rotatable bonds is 5. The summed E-state index contributed by atoms with van der Waals surface area (Å²) in [6, 6.07) is 12.8. The van der Waals surface area contributed by atoms with Crippen LogP contribution in [0, 0.1) is 5.92 Å². The van der Waals surface area contributed by atoms with Gasteiger partial charge in [-0.05, 0) is 42.8 Å². The second kappa shape index (κ2) is 9.57. The number of amides is 4. The van der Waals surface area contributed by atoms with Gasteiger partial charge in [-0.15, -0.1) is 0 Å². The lowest BCUT2D eigenvalue weighted by Crippen LogP contribution is -2.55. The first-order valence-electron chi connectivity index (χ1n) is 12.7. The Hall–Kier alpha value is -3.24. The Morgan fingerprint density at radius 3 is 2.30 bits per heavy atom. The van der Waals surface area contributed by atoms with Gasteiger partial charge in [0.05, 0.1) is 16.8 Å². The minimum Gasteiger partial charge on any atom is -0.370 e. The number of carbonyl (C=O) groups is 4. The van der Waals surface area contributed by atoms with Gasteiger partial charge in [-0.1, -0.05) is 22.0 Å². The number of nitrogens with zero attached hydrogens (tertiary/aromatic N) is 4. The molecule has 0 radical (unpaired) electrons. The summed E-state index contributed by atoms with van der Waals surface area (Å²) in [6.45, 7) is 6.68. The first kappa shape index (κ1) is 24.1. The Bertz CT molecular complexity index is 1270. The molecule has 4 amide bonds. The number of benzene rings is 2. The molecule has 0 aliphatic carbocycles. The Kier molecular flexibility index (Phi) is 6.24. The molecule has 4 aliphatic heterocycles. The predicted molar refractivity (Wildman–Crippen MR) is 142 cm³/mol. The van der Waals surface area contributed by atoms with Crippen molar-refractivity contribution in [2.75, 3.05) is 55.6 Å². The van der Waals surface area contributed by atoms with E-state index in [0.29, 0.717) is 17.0 Å². The third-order valence-corrected chi connectivity index (χ3v) is 8.35. The number of halogens is 1. The van der Waals surface area contributed by atoms with Gasteiger partial charge < -0.3 is 9.80 Å². The number of hydrogen-bond acceptors (Lipinski definition) is 7. The van der Waals surface area contributed by atoms with Crippen LogP contribution in [-0.4, -0.2) is 85.3 Å².